The monoisotopic (exact) mass is 398 g/mol. The molecule has 0 radical (unpaired) electrons. The lowest BCUT2D eigenvalue weighted by molar-refractivity contribution is 0.0950. The molecular formula is C21H16Cl2N2O2. The molecular weight excluding hydrogens is 383 g/mol. The second kappa shape index (κ2) is 8.71. The number of anilines is 1. The first-order valence-electron chi connectivity index (χ1n) is 8.21. The van der Waals surface area contributed by atoms with Crippen molar-refractivity contribution < 1.29 is 9.59 Å². The summed E-state index contributed by atoms with van der Waals surface area (Å²) in [4.78, 5) is 24.7. The quantitative estimate of drug-likeness (QED) is 0.622. The van der Waals surface area contributed by atoms with Crippen LogP contribution in [0, 0.1) is 0 Å². The van der Waals surface area contributed by atoms with Crippen LogP contribution in [0.15, 0.2) is 72.8 Å². The van der Waals surface area contributed by atoms with Gasteiger partial charge in [0.1, 0.15) is 0 Å². The van der Waals surface area contributed by atoms with Crippen molar-refractivity contribution in [2.75, 3.05) is 5.32 Å². The third kappa shape index (κ3) is 5.09. The molecule has 27 heavy (non-hydrogen) atoms. The fourth-order valence-corrected chi connectivity index (χ4v) is 2.87. The molecule has 0 saturated heterocycles. The van der Waals surface area contributed by atoms with E-state index in [4.69, 9.17) is 23.2 Å². The summed E-state index contributed by atoms with van der Waals surface area (Å²) in [5.41, 5.74) is 2.33. The van der Waals surface area contributed by atoms with Gasteiger partial charge in [0, 0.05) is 22.8 Å². The average molecular weight is 399 g/mol. The Hall–Kier alpha value is -2.82. The molecule has 0 fully saturated rings. The van der Waals surface area contributed by atoms with Crippen LogP contribution in [0.1, 0.15) is 26.3 Å². The second-order valence-corrected chi connectivity index (χ2v) is 6.67. The Labute approximate surface area is 167 Å². The molecule has 0 atom stereocenters. The molecule has 0 aliphatic heterocycles. The number of hydrogen-bond donors (Lipinski definition) is 2. The molecule has 2 N–H and O–H groups in total. The van der Waals surface area contributed by atoms with Gasteiger partial charge in [-0.2, -0.15) is 0 Å². The maximum absolute atomic E-state index is 12.4. The van der Waals surface area contributed by atoms with E-state index >= 15 is 0 Å². The van der Waals surface area contributed by atoms with Crippen molar-refractivity contribution in [2.24, 2.45) is 0 Å². The van der Waals surface area contributed by atoms with Gasteiger partial charge in [-0.3, -0.25) is 9.59 Å². The fourth-order valence-electron chi connectivity index (χ4n) is 2.50. The van der Waals surface area contributed by atoms with E-state index in [0.29, 0.717) is 21.2 Å². The summed E-state index contributed by atoms with van der Waals surface area (Å²) in [6.07, 6.45) is 0. The number of carbonyl (C=O) groups excluding carboxylic acids is 2. The normalized spacial score (nSPS) is 10.3. The molecule has 0 bridgehead atoms. The van der Waals surface area contributed by atoms with Crippen LogP contribution < -0.4 is 10.6 Å². The van der Waals surface area contributed by atoms with E-state index in [2.05, 4.69) is 10.6 Å². The molecule has 0 aromatic heterocycles. The number of benzene rings is 3. The molecule has 0 aliphatic carbocycles. The van der Waals surface area contributed by atoms with Gasteiger partial charge >= 0.3 is 0 Å². The van der Waals surface area contributed by atoms with Gasteiger partial charge in [-0.1, -0.05) is 53.5 Å². The lowest BCUT2D eigenvalue weighted by Crippen LogP contribution is -2.23. The third-order valence-corrected chi connectivity index (χ3v) is 4.41. The molecule has 3 aromatic carbocycles. The van der Waals surface area contributed by atoms with Crippen LogP contribution in [0.5, 0.6) is 0 Å². The Balaban J connectivity index is 1.66. The number of amides is 2. The highest BCUT2D eigenvalue weighted by Gasteiger charge is 2.12. The second-order valence-electron chi connectivity index (χ2n) is 5.83. The molecule has 136 valence electrons. The topological polar surface area (TPSA) is 58.2 Å². The van der Waals surface area contributed by atoms with E-state index in [1.54, 1.807) is 30.3 Å². The molecule has 3 rings (SSSR count). The molecule has 0 heterocycles. The van der Waals surface area contributed by atoms with Gasteiger partial charge in [-0.05, 0) is 48.0 Å². The van der Waals surface area contributed by atoms with Crippen molar-refractivity contribution in [1.82, 2.24) is 5.32 Å². The zero-order valence-corrected chi connectivity index (χ0v) is 15.7. The van der Waals surface area contributed by atoms with Crippen LogP contribution in [0.3, 0.4) is 0 Å². The third-order valence-electron chi connectivity index (χ3n) is 3.85. The molecule has 0 spiro atoms. The van der Waals surface area contributed by atoms with Crippen LogP contribution in [-0.2, 0) is 6.54 Å². The maximum Gasteiger partial charge on any atom is 0.255 e. The van der Waals surface area contributed by atoms with Gasteiger partial charge in [0.15, 0.2) is 0 Å². The number of rotatable bonds is 5. The minimum absolute atomic E-state index is 0.215. The van der Waals surface area contributed by atoms with E-state index in [1.807, 2.05) is 36.4 Å². The molecule has 2 amide bonds. The summed E-state index contributed by atoms with van der Waals surface area (Å²) in [6.45, 7) is 0.258. The Morgan fingerprint density at radius 3 is 2.37 bits per heavy atom. The molecule has 0 aliphatic rings. The van der Waals surface area contributed by atoms with E-state index in [0.717, 1.165) is 11.3 Å². The SMILES string of the molecule is O=C(Nc1ccccc1)c1cccc(CNC(=O)c2cc(Cl)ccc2Cl)c1. The van der Waals surface area contributed by atoms with Gasteiger partial charge in [0.05, 0.1) is 10.6 Å². The number of halogens is 2. The lowest BCUT2D eigenvalue weighted by Gasteiger charge is -2.09. The highest BCUT2D eigenvalue weighted by atomic mass is 35.5. The Kier molecular flexibility index (Phi) is 6.12. The van der Waals surface area contributed by atoms with Crippen molar-refractivity contribution in [3.8, 4) is 0 Å². The van der Waals surface area contributed by atoms with E-state index in [9.17, 15) is 9.59 Å². The summed E-state index contributed by atoms with van der Waals surface area (Å²) in [5.74, 6) is -0.547. The first-order valence-corrected chi connectivity index (χ1v) is 8.97. The minimum Gasteiger partial charge on any atom is -0.348 e. The van der Waals surface area contributed by atoms with Crippen molar-refractivity contribution in [2.45, 2.75) is 6.54 Å². The summed E-state index contributed by atoms with van der Waals surface area (Å²) in [7, 11) is 0. The minimum atomic E-state index is -0.332. The van der Waals surface area contributed by atoms with Crippen LogP contribution >= 0.6 is 23.2 Å². The van der Waals surface area contributed by atoms with E-state index in [-0.39, 0.29) is 18.4 Å². The van der Waals surface area contributed by atoms with E-state index in [1.165, 1.54) is 6.07 Å². The van der Waals surface area contributed by atoms with Gasteiger partial charge in [0.2, 0.25) is 0 Å². The van der Waals surface area contributed by atoms with Crippen molar-refractivity contribution >= 4 is 40.7 Å². The zero-order valence-electron chi connectivity index (χ0n) is 14.2. The highest BCUT2D eigenvalue weighted by molar-refractivity contribution is 6.35. The van der Waals surface area contributed by atoms with Gasteiger partial charge in [-0.15, -0.1) is 0 Å². The number of hydrogen-bond acceptors (Lipinski definition) is 2. The molecule has 0 unspecified atom stereocenters. The Morgan fingerprint density at radius 2 is 1.59 bits per heavy atom. The van der Waals surface area contributed by atoms with Gasteiger partial charge in [0.25, 0.3) is 11.8 Å². The summed E-state index contributed by atoms with van der Waals surface area (Å²) >= 11 is 12.0. The summed E-state index contributed by atoms with van der Waals surface area (Å²) in [5, 5.41) is 6.38. The number of para-hydroxylation sites is 1. The maximum atomic E-state index is 12.4. The summed E-state index contributed by atoms with van der Waals surface area (Å²) < 4.78 is 0. The smallest absolute Gasteiger partial charge is 0.255 e. The van der Waals surface area contributed by atoms with Gasteiger partial charge < -0.3 is 10.6 Å². The summed E-state index contributed by atoms with van der Waals surface area (Å²) in [6, 6.07) is 21.0. The van der Waals surface area contributed by atoms with Crippen LogP contribution in [0.25, 0.3) is 0 Å². The molecule has 3 aromatic rings. The van der Waals surface area contributed by atoms with Crippen molar-refractivity contribution in [3.05, 3.63) is 99.5 Å². The number of nitrogens with one attached hydrogen (secondary N) is 2. The molecule has 4 nitrogen and oxygen atoms in total. The first kappa shape index (κ1) is 19.0. The fraction of sp³-hybridized carbons (Fsp3) is 0.0476. The lowest BCUT2D eigenvalue weighted by atomic mass is 10.1. The predicted octanol–water partition coefficient (Wildman–Crippen LogP) is 5.18. The number of carbonyl (C=O) groups is 2. The Morgan fingerprint density at radius 1 is 0.815 bits per heavy atom. The zero-order chi connectivity index (χ0) is 19.2. The molecule has 6 heteroatoms. The van der Waals surface area contributed by atoms with Crippen molar-refractivity contribution in [1.29, 1.82) is 0 Å². The predicted molar refractivity (Wildman–Crippen MR) is 108 cm³/mol. The standard InChI is InChI=1S/C21H16Cl2N2O2/c22-16-9-10-19(23)18(12-16)21(27)24-13-14-5-4-6-15(11-14)20(26)25-17-7-2-1-3-8-17/h1-12H,13H2,(H,24,27)(H,25,26). The van der Waals surface area contributed by atoms with Crippen LogP contribution in [-0.4, -0.2) is 11.8 Å². The highest BCUT2D eigenvalue weighted by Crippen LogP contribution is 2.20. The average Bonchev–Trinajstić information content (AvgIpc) is 2.69. The Bertz CT molecular complexity index is 975. The van der Waals surface area contributed by atoms with Crippen LogP contribution in [0.2, 0.25) is 10.0 Å². The van der Waals surface area contributed by atoms with Crippen LogP contribution in [0.4, 0.5) is 5.69 Å². The largest absolute Gasteiger partial charge is 0.348 e. The van der Waals surface area contributed by atoms with Gasteiger partial charge in [-0.25, -0.2) is 0 Å². The first-order chi connectivity index (χ1) is 13.0. The van der Waals surface area contributed by atoms with Crippen molar-refractivity contribution in [3.63, 3.8) is 0 Å². The van der Waals surface area contributed by atoms with E-state index < -0.39 is 0 Å². The molecule has 0 saturated carbocycles.